The van der Waals surface area contributed by atoms with Crippen LogP contribution >= 0.6 is 0 Å². The number of aromatic nitrogens is 3. The Morgan fingerprint density at radius 1 is 1.00 bits per heavy atom. The Bertz CT molecular complexity index is 1560. The lowest BCUT2D eigenvalue weighted by molar-refractivity contribution is -0.119. The van der Waals surface area contributed by atoms with Crippen LogP contribution in [0.2, 0.25) is 0 Å². The zero-order chi connectivity index (χ0) is 26.3. The van der Waals surface area contributed by atoms with E-state index in [0.717, 1.165) is 18.9 Å². The Morgan fingerprint density at radius 3 is 2.50 bits per heavy atom. The van der Waals surface area contributed by atoms with Crippen LogP contribution in [0.1, 0.15) is 36.0 Å². The molecule has 0 aliphatic heterocycles. The van der Waals surface area contributed by atoms with Crippen LogP contribution in [0.5, 0.6) is 11.6 Å². The highest BCUT2D eigenvalue weighted by Crippen LogP contribution is 2.37. The SMILES string of the molecule is O=C(NC1(C(=O)Nc2ccc(Oc3ccc4nc(NC(=O)C5CC5)cn4n3)c(F)c2)CC1)c1ccccc1. The van der Waals surface area contributed by atoms with Crippen LogP contribution < -0.4 is 20.7 Å². The lowest BCUT2D eigenvalue weighted by atomic mass is 10.1. The first-order valence-electron chi connectivity index (χ1n) is 12.2. The van der Waals surface area contributed by atoms with Crippen molar-refractivity contribution < 1.29 is 23.5 Å². The summed E-state index contributed by atoms with van der Waals surface area (Å²) in [6.07, 6.45) is 4.32. The minimum absolute atomic E-state index is 0.0465. The molecule has 0 radical (unpaired) electrons. The summed E-state index contributed by atoms with van der Waals surface area (Å²) in [5.74, 6) is -1.06. The minimum atomic E-state index is -1.01. The molecule has 38 heavy (non-hydrogen) atoms. The Morgan fingerprint density at radius 2 is 1.79 bits per heavy atom. The number of benzene rings is 2. The Labute approximate surface area is 216 Å². The van der Waals surface area contributed by atoms with Crippen molar-refractivity contribution >= 4 is 34.9 Å². The maximum absolute atomic E-state index is 14.8. The second-order valence-electron chi connectivity index (χ2n) is 9.47. The molecule has 192 valence electrons. The number of nitrogens with zero attached hydrogens (tertiary/aromatic N) is 3. The molecule has 6 rings (SSSR count). The highest BCUT2D eigenvalue weighted by atomic mass is 19.1. The van der Waals surface area contributed by atoms with Gasteiger partial charge >= 0.3 is 0 Å². The van der Waals surface area contributed by atoms with Crippen molar-refractivity contribution in [3.8, 4) is 11.6 Å². The highest BCUT2D eigenvalue weighted by molar-refractivity contribution is 6.05. The molecule has 0 spiro atoms. The van der Waals surface area contributed by atoms with Crippen LogP contribution in [0.4, 0.5) is 15.9 Å². The summed E-state index contributed by atoms with van der Waals surface area (Å²) >= 11 is 0. The van der Waals surface area contributed by atoms with E-state index in [4.69, 9.17) is 4.74 Å². The molecule has 0 bridgehead atoms. The number of anilines is 2. The van der Waals surface area contributed by atoms with E-state index in [1.807, 2.05) is 0 Å². The molecule has 11 heteroatoms. The van der Waals surface area contributed by atoms with Gasteiger partial charge < -0.3 is 20.7 Å². The lowest BCUT2D eigenvalue weighted by Gasteiger charge is -2.17. The number of rotatable bonds is 8. The van der Waals surface area contributed by atoms with Gasteiger partial charge in [-0.1, -0.05) is 18.2 Å². The normalized spacial score (nSPS) is 15.5. The standard InChI is InChI=1S/C27H23FN6O4/c28-19-14-18(29-26(37)27(12-13-27)32-25(36)16-4-2-1-3-5-16)8-9-20(19)38-23-11-10-22-30-21(15-34(22)33-23)31-24(35)17-6-7-17/h1-5,8-11,14-15,17H,6-7,12-13H2,(H,29,37)(H,31,35)(H,32,36). The number of ether oxygens (including phenoxy) is 1. The van der Waals surface area contributed by atoms with E-state index in [1.54, 1.807) is 42.6 Å². The van der Waals surface area contributed by atoms with Gasteiger partial charge in [0.1, 0.15) is 5.54 Å². The highest BCUT2D eigenvalue weighted by Gasteiger charge is 2.51. The fourth-order valence-corrected chi connectivity index (χ4v) is 3.99. The van der Waals surface area contributed by atoms with E-state index < -0.39 is 17.3 Å². The van der Waals surface area contributed by atoms with Gasteiger partial charge in [-0.05, 0) is 56.0 Å². The number of carbonyl (C=O) groups is 3. The zero-order valence-electron chi connectivity index (χ0n) is 20.1. The van der Waals surface area contributed by atoms with Gasteiger partial charge in [0.05, 0.1) is 6.20 Å². The molecule has 2 fully saturated rings. The average Bonchev–Trinajstić information content (AvgIpc) is 3.84. The van der Waals surface area contributed by atoms with Gasteiger partial charge in [0, 0.05) is 29.3 Å². The van der Waals surface area contributed by atoms with Crippen molar-refractivity contribution in [3.05, 3.63) is 78.2 Å². The van der Waals surface area contributed by atoms with Gasteiger partial charge in [0.15, 0.2) is 23.0 Å². The van der Waals surface area contributed by atoms with Gasteiger partial charge in [0.2, 0.25) is 17.7 Å². The molecular formula is C27H23FN6O4. The quantitative estimate of drug-likeness (QED) is 0.327. The molecule has 0 unspecified atom stereocenters. The second-order valence-corrected chi connectivity index (χ2v) is 9.47. The predicted molar refractivity (Wildman–Crippen MR) is 135 cm³/mol. The van der Waals surface area contributed by atoms with Crippen LogP contribution in [0.25, 0.3) is 5.65 Å². The third-order valence-corrected chi connectivity index (χ3v) is 6.47. The van der Waals surface area contributed by atoms with Crippen molar-refractivity contribution in [2.24, 2.45) is 5.92 Å². The summed E-state index contributed by atoms with van der Waals surface area (Å²) in [5, 5.41) is 12.5. The Hall–Kier alpha value is -4.80. The van der Waals surface area contributed by atoms with Crippen LogP contribution in [-0.2, 0) is 9.59 Å². The van der Waals surface area contributed by atoms with E-state index in [1.165, 1.54) is 22.7 Å². The largest absolute Gasteiger partial charge is 0.434 e. The number of fused-ring (bicyclic) bond motifs is 1. The first-order chi connectivity index (χ1) is 18.4. The molecule has 4 aromatic rings. The summed E-state index contributed by atoms with van der Waals surface area (Å²) in [6.45, 7) is 0. The molecule has 3 amide bonds. The summed E-state index contributed by atoms with van der Waals surface area (Å²) < 4.78 is 21.9. The van der Waals surface area contributed by atoms with Crippen molar-refractivity contribution in [1.29, 1.82) is 0 Å². The zero-order valence-corrected chi connectivity index (χ0v) is 20.1. The van der Waals surface area contributed by atoms with Gasteiger partial charge in [-0.25, -0.2) is 13.9 Å². The van der Waals surface area contributed by atoms with E-state index in [-0.39, 0.29) is 35.0 Å². The second kappa shape index (κ2) is 9.25. The molecule has 3 N–H and O–H groups in total. The third kappa shape index (κ3) is 4.90. The molecule has 0 atom stereocenters. The first-order valence-corrected chi connectivity index (χ1v) is 12.2. The molecular weight excluding hydrogens is 491 g/mol. The monoisotopic (exact) mass is 514 g/mol. The van der Waals surface area contributed by atoms with Crippen LogP contribution in [-0.4, -0.2) is 37.9 Å². The van der Waals surface area contributed by atoms with Gasteiger partial charge in [-0.2, -0.15) is 0 Å². The maximum atomic E-state index is 14.8. The average molecular weight is 515 g/mol. The Balaban J connectivity index is 1.10. The predicted octanol–water partition coefficient (Wildman–Crippen LogP) is 3.91. The van der Waals surface area contributed by atoms with Gasteiger partial charge in [-0.3, -0.25) is 14.4 Å². The van der Waals surface area contributed by atoms with E-state index in [2.05, 4.69) is 26.0 Å². The Kier molecular flexibility index (Phi) is 5.74. The van der Waals surface area contributed by atoms with Crippen LogP contribution in [0.15, 0.2) is 66.9 Å². The molecule has 2 aliphatic rings. The van der Waals surface area contributed by atoms with Gasteiger partial charge in [0.25, 0.3) is 5.91 Å². The molecule has 10 nitrogen and oxygen atoms in total. The lowest BCUT2D eigenvalue weighted by Crippen LogP contribution is -2.46. The molecule has 2 aromatic carbocycles. The smallest absolute Gasteiger partial charge is 0.252 e. The van der Waals surface area contributed by atoms with Crippen molar-refractivity contribution in [1.82, 2.24) is 19.9 Å². The fourth-order valence-electron chi connectivity index (χ4n) is 3.99. The number of hydrogen-bond acceptors (Lipinski definition) is 6. The van der Waals surface area contributed by atoms with E-state index in [0.29, 0.717) is 29.9 Å². The summed E-state index contributed by atoms with van der Waals surface area (Å²) in [7, 11) is 0. The molecule has 2 aromatic heterocycles. The maximum Gasteiger partial charge on any atom is 0.252 e. The molecule has 2 saturated carbocycles. The molecule has 2 heterocycles. The van der Waals surface area contributed by atoms with Gasteiger partial charge in [-0.15, -0.1) is 5.10 Å². The first kappa shape index (κ1) is 23.6. The molecule has 0 saturated heterocycles. The summed E-state index contributed by atoms with van der Waals surface area (Å²) in [6, 6.07) is 15.8. The van der Waals surface area contributed by atoms with Crippen molar-refractivity contribution in [2.75, 3.05) is 10.6 Å². The van der Waals surface area contributed by atoms with E-state index >= 15 is 0 Å². The van der Waals surface area contributed by atoms with Crippen LogP contribution in [0.3, 0.4) is 0 Å². The van der Waals surface area contributed by atoms with E-state index in [9.17, 15) is 18.8 Å². The van der Waals surface area contributed by atoms with Crippen molar-refractivity contribution in [3.63, 3.8) is 0 Å². The number of hydrogen-bond donors (Lipinski definition) is 3. The van der Waals surface area contributed by atoms with Crippen LogP contribution in [0, 0.1) is 11.7 Å². The third-order valence-electron chi connectivity index (χ3n) is 6.47. The minimum Gasteiger partial charge on any atom is -0.434 e. The number of amides is 3. The topological polar surface area (TPSA) is 127 Å². The summed E-state index contributed by atoms with van der Waals surface area (Å²) in [4.78, 5) is 41.6. The summed E-state index contributed by atoms with van der Waals surface area (Å²) in [5.41, 5.74) is 0.171. The number of nitrogens with one attached hydrogen (secondary N) is 3. The fraction of sp³-hybridized carbons (Fsp3) is 0.222. The van der Waals surface area contributed by atoms with Crippen molar-refractivity contribution in [2.45, 2.75) is 31.2 Å². The number of imidazole rings is 1. The number of halogens is 1. The molecule has 2 aliphatic carbocycles. The number of carbonyl (C=O) groups excluding carboxylic acids is 3.